The van der Waals surface area contributed by atoms with Crippen LogP contribution in [0.5, 0.6) is 5.75 Å². The molecule has 4 heteroatoms. The highest BCUT2D eigenvalue weighted by Crippen LogP contribution is 2.31. The summed E-state index contributed by atoms with van der Waals surface area (Å²) in [5.41, 5.74) is 3.96. The molecule has 0 atom stereocenters. The van der Waals surface area contributed by atoms with E-state index >= 15 is 0 Å². The van der Waals surface area contributed by atoms with Crippen molar-refractivity contribution < 1.29 is 9.53 Å². The SMILES string of the molecule is CCC(=O)NCCN1CCc2ccc(OCCCc3ccccc3)cc21. The molecule has 0 bridgehead atoms. The smallest absolute Gasteiger partial charge is 0.219 e. The van der Waals surface area contributed by atoms with Crippen molar-refractivity contribution in [3.8, 4) is 5.75 Å². The summed E-state index contributed by atoms with van der Waals surface area (Å²) >= 11 is 0. The largest absolute Gasteiger partial charge is 0.494 e. The number of rotatable bonds is 9. The second-order valence-corrected chi connectivity index (χ2v) is 6.67. The standard InChI is InChI=1S/C22H28N2O2/c1-2-22(25)23-13-15-24-14-12-19-10-11-20(17-21(19)24)26-16-6-9-18-7-4-3-5-8-18/h3-5,7-8,10-11,17H,2,6,9,12-16H2,1H3,(H,23,25). The third kappa shape index (κ3) is 5.01. The molecule has 0 radical (unpaired) electrons. The third-order valence-electron chi connectivity index (χ3n) is 4.79. The molecular weight excluding hydrogens is 324 g/mol. The van der Waals surface area contributed by atoms with Crippen LogP contribution in [0.4, 0.5) is 5.69 Å². The number of nitrogens with zero attached hydrogens (tertiary/aromatic N) is 1. The minimum Gasteiger partial charge on any atom is -0.494 e. The van der Waals surface area contributed by atoms with E-state index in [-0.39, 0.29) is 5.91 Å². The first-order chi connectivity index (χ1) is 12.8. The van der Waals surface area contributed by atoms with Gasteiger partial charge in [-0.3, -0.25) is 4.79 Å². The fraction of sp³-hybridized carbons (Fsp3) is 0.409. The predicted molar refractivity (Wildman–Crippen MR) is 106 cm³/mol. The molecule has 0 aromatic heterocycles. The van der Waals surface area contributed by atoms with Crippen molar-refractivity contribution in [2.45, 2.75) is 32.6 Å². The number of amides is 1. The number of carbonyl (C=O) groups excluding carboxylic acids is 1. The van der Waals surface area contributed by atoms with Crippen molar-refractivity contribution in [1.82, 2.24) is 5.32 Å². The van der Waals surface area contributed by atoms with Gasteiger partial charge in [-0.15, -0.1) is 0 Å². The van der Waals surface area contributed by atoms with Gasteiger partial charge >= 0.3 is 0 Å². The molecule has 0 saturated carbocycles. The number of nitrogens with one attached hydrogen (secondary N) is 1. The summed E-state index contributed by atoms with van der Waals surface area (Å²) in [5, 5.41) is 2.95. The Balaban J connectivity index is 1.48. The highest BCUT2D eigenvalue weighted by atomic mass is 16.5. The summed E-state index contributed by atoms with van der Waals surface area (Å²) in [6, 6.07) is 16.9. The molecule has 1 heterocycles. The number of fused-ring (bicyclic) bond motifs is 1. The summed E-state index contributed by atoms with van der Waals surface area (Å²) < 4.78 is 5.97. The van der Waals surface area contributed by atoms with Crippen molar-refractivity contribution in [2.24, 2.45) is 0 Å². The lowest BCUT2D eigenvalue weighted by molar-refractivity contribution is -0.120. The van der Waals surface area contributed by atoms with E-state index in [9.17, 15) is 4.79 Å². The number of benzene rings is 2. The average Bonchev–Trinajstić information content (AvgIpc) is 3.08. The Morgan fingerprint density at radius 1 is 1.19 bits per heavy atom. The van der Waals surface area contributed by atoms with E-state index in [0.29, 0.717) is 13.0 Å². The lowest BCUT2D eigenvalue weighted by Crippen LogP contribution is -2.33. The molecule has 1 amide bonds. The maximum atomic E-state index is 11.4. The van der Waals surface area contributed by atoms with Crippen molar-refractivity contribution in [1.29, 1.82) is 0 Å². The minimum absolute atomic E-state index is 0.111. The highest BCUT2D eigenvalue weighted by molar-refractivity contribution is 5.75. The van der Waals surface area contributed by atoms with E-state index in [1.165, 1.54) is 16.8 Å². The Labute approximate surface area is 156 Å². The van der Waals surface area contributed by atoms with Crippen molar-refractivity contribution in [2.75, 3.05) is 31.1 Å². The van der Waals surface area contributed by atoms with Crippen LogP contribution >= 0.6 is 0 Å². The normalized spacial score (nSPS) is 12.7. The van der Waals surface area contributed by atoms with E-state index < -0.39 is 0 Å². The summed E-state index contributed by atoms with van der Waals surface area (Å²) in [6.07, 6.45) is 3.64. The van der Waals surface area contributed by atoms with Gasteiger partial charge in [0.1, 0.15) is 5.75 Å². The van der Waals surface area contributed by atoms with Crippen LogP contribution in [0, 0.1) is 0 Å². The topological polar surface area (TPSA) is 41.6 Å². The van der Waals surface area contributed by atoms with E-state index in [2.05, 4.69) is 52.7 Å². The van der Waals surface area contributed by atoms with Crippen LogP contribution < -0.4 is 15.0 Å². The van der Waals surface area contributed by atoms with Gasteiger partial charge in [-0.1, -0.05) is 43.3 Å². The molecule has 0 aliphatic carbocycles. The molecule has 26 heavy (non-hydrogen) atoms. The maximum absolute atomic E-state index is 11.4. The van der Waals surface area contributed by atoms with Crippen LogP contribution in [0.15, 0.2) is 48.5 Å². The highest BCUT2D eigenvalue weighted by Gasteiger charge is 2.19. The molecule has 138 valence electrons. The quantitative estimate of drug-likeness (QED) is 0.701. The van der Waals surface area contributed by atoms with Gasteiger partial charge in [-0.2, -0.15) is 0 Å². The van der Waals surface area contributed by atoms with Gasteiger partial charge < -0.3 is 15.0 Å². The van der Waals surface area contributed by atoms with Crippen molar-refractivity contribution in [3.05, 3.63) is 59.7 Å². The number of aryl methyl sites for hydroxylation is 1. The van der Waals surface area contributed by atoms with E-state index in [0.717, 1.165) is 44.7 Å². The summed E-state index contributed by atoms with van der Waals surface area (Å²) in [6.45, 7) is 5.14. The predicted octanol–water partition coefficient (Wildman–Crippen LogP) is 3.59. The van der Waals surface area contributed by atoms with Gasteiger partial charge in [-0.05, 0) is 36.5 Å². The fourth-order valence-electron chi connectivity index (χ4n) is 3.31. The summed E-state index contributed by atoms with van der Waals surface area (Å²) in [5.74, 6) is 1.04. The number of hydrogen-bond donors (Lipinski definition) is 1. The number of hydrogen-bond acceptors (Lipinski definition) is 3. The van der Waals surface area contributed by atoms with Gasteiger partial charge in [0, 0.05) is 37.8 Å². The molecule has 1 N–H and O–H groups in total. The van der Waals surface area contributed by atoms with E-state index in [4.69, 9.17) is 4.74 Å². The molecule has 0 spiro atoms. The zero-order valence-electron chi connectivity index (χ0n) is 15.5. The van der Waals surface area contributed by atoms with Crippen LogP contribution in [0.3, 0.4) is 0 Å². The molecule has 1 aliphatic heterocycles. The van der Waals surface area contributed by atoms with Crippen molar-refractivity contribution in [3.63, 3.8) is 0 Å². The first-order valence-corrected chi connectivity index (χ1v) is 9.57. The molecule has 3 rings (SSSR count). The molecule has 0 saturated heterocycles. The Morgan fingerprint density at radius 2 is 2.04 bits per heavy atom. The maximum Gasteiger partial charge on any atom is 0.219 e. The van der Waals surface area contributed by atoms with Crippen molar-refractivity contribution >= 4 is 11.6 Å². The second kappa shape index (κ2) is 9.27. The minimum atomic E-state index is 0.111. The number of ether oxygens (including phenoxy) is 1. The van der Waals surface area contributed by atoms with Crippen LogP contribution in [0.1, 0.15) is 30.9 Å². The Morgan fingerprint density at radius 3 is 2.85 bits per heavy atom. The van der Waals surface area contributed by atoms with E-state index in [1.54, 1.807) is 0 Å². The molecule has 0 fully saturated rings. The molecule has 0 unspecified atom stereocenters. The van der Waals surface area contributed by atoms with Gasteiger partial charge in [0.25, 0.3) is 0 Å². The zero-order chi connectivity index (χ0) is 18.2. The van der Waals surface area contributed by atoms with Crippen LogP contribution in [-0.2, 0) is 17.6 Å². The van der Waals surface area contributed by atoms with Gasteiger partial charge in [-0.25, -0.2) is 0 Å². The summed E-state index contributed by atoms with van der Waals surface area (Å²) in [7, 11) is 0. The molecule has 2 aromatic rings. The fourth-order valence-corrected chi connectivity index (χ4v) is 3.31. The second-order valence-electron chi connectivity index (χ2n) is 6.67. The van der Waals surface area contributed by atoms with Gasteiger partial charge in [0.2, 0.25) is 5.91 Å². The Hall–Kier alpha value is -2.49. The first-order valence-electron chi connectivity index (χ1n) is 9.57. The van der Waals surface area contributed by atoms with Gasteiger partial charge in [0.05, 0.1) is 6.61 Å². The number of carbonyl (C=O) groups is 1. The third-order valence-corrected chi connectivity index (χ3v) is 4.79. The average molecular weight is 352 g/mol. The monoisotopic (exact) mass is 352 g/mol. The van der Waals surface area contributed by atoms with Crippen LogP contribution in [0.2, 0.25) is 0 Å². The van der Waals surface area contributed by atoms with Crippen LogP contribution in [0.25, 0.3) is 0 Å². The van der Waals surface area contributed by atoms with E-state index in [1.807, 2.05) is 13.0 Å². The Kier molecular flexibility index (Phi) is 6.53. The zero-order valence-corrected chi connectivity index (χ0v) is 15.5. The lowest BCUT2D eigenvalue weighted by Gasteiger charge is -2.20. The number of anilines is 1. The molecular formula is C22H28N2O2. The Bertz CT molecular complexity index is 715. The van der Waals surface area contributed by atoms with Crippen LogP contribution in [-0.4, -0.2) is 32.1 Å². The lowest BCUT2D eigenvalue weighted by atomic mass is 10.1. The van der Waals surface area contributed by atoms with Gasteiger partial charge in [0.15, 0.2) is 0 Å². The summed E-state index contributed by atoms with van der Waals surface area (Å²) in [4.78, 5) is 13.7. The molecule has 2 aromatic carbocycles. The molecule has 4 nitrogen and oxygen atoms in total. The first kappa shape index (κ1) is 18.3. The molecule has 1 aliphatic rings.